The van der Waals surface area contributed by atoms with Crippen molar-refractivity contribution in [3.63, 3.8) is 0 Å². The van der Waals surface area contributed by atoms with Crippen LogP contribution in [0.25, 0.3) is 10.9 Å². The van der Waals surface area contributed by atoms with Crippen molar-refractivity contribution < 1.29 is 32.3 Å². The molecule has 0 unspecified atom stereocenters. The number of halogens is 3. The molecule has 2 aromatic carbocycles. The highest BCUT2D eigenvalue weighted by Crippen LogP contribution is 2.27. The van der Waals surface area contributed by atoms with E-state index in [9.17, 15) is 27.6 Å². The van der Waals surface area contributed by atoms with Crippen LogP contribution in [0.5, 0.6) is 5.75 Å². The maximum atomic E-state index is 13.1. The number of nitrogens with two attached hydrogens (primary N) is 2. The first-order chi connectivity index (χ1) is 17.0. The van der Waals surface area contributed by atoms with Gasteiger partial charge in [0, 0.05) is 30.7 Å². The van der Waals surface area contributed by atoms with Crippen LogP contribution in [0.3, 0.4) is 0 Å². The number of anilines is 1. The molecule has 2 heterocycles. The Morgan fingerprint density at radius 2 is 1.86 bits per heavy atom. The van der Waals surface area contributed by atoms with Gasteiger partial charge in [0.1, 0.15) is 11.8 Å². The first-order valence-electron chi connectivity index (χ1n) is 10.9. The monoisotopic (exact) mass is 504 g/mol. The van der Waals surface area contributed by atoms with E-state index in [2.05, 4.69) is 15.4 Å². The van der Waals surface area contributed by atoms with E-state index in [4.69, 9.17) is 11.5 Å². The van der Waals surface area contributed by atoms with E-state index in [1.54, 1.807) is 24.3 Å². The number of hydrogen-bond acceptors (Lipinski definition) is 5. The number of benzene rings is 2. The number of rotatable bonds is 5. The van der Waals surface area contributed by atoms with Crippen LogP contribution in [-0.2, 0) is 11.3 Å². The first kappa shape index (κ1) is 24.9. The SMILES string of the molecule is NC(=O)n1cc(NC(=O)N2C[C@H](N)C[C@H]2C(=O)NCc2cccc(OC(F)(F)F)c2)c2ccccc21. The lowest BCUT2D eigenvalue weighted by molar-refractivity contribution is -0.274. The van der Waals surface area contributed by atoms with E-state index in [1.807, 2.05) is 0 Å². The Hall–Kier alpha value is -4.26. The van der Waals surface area contributed by atoms with Crippen LogP contribution < -0.4 is 26.8 Å². The van der Waals surface area contributed by atoms with Gasteiger partial charge in [0.05, 0.1) is 11.2 Å². The number of nitrogens with one attached hydrogen (secondary N) is 2. The average Bonchev–Trinajstić information content (AvgIpc) is 3.38. The molecular weight excluding hydrogens is 481 g/mol. The van der Waals surface area contributed by atoms with Gasteiger partial charge in [0.25, 0.3) is 0 Å². The third-order valence-corrected chi connectivity index (χ3v) is 5.69. The van der Waals surface area contributed by atoms with Gasteiger partial charge in [-0.25, -0.2) is 9.59 Å². The van der Waals surface area contributed by atoms with Crippen LogP contribution in [-0.4, -0.2) is 52.4 Å². The largest absolute Gasteiger partial charge is 0.573 e. The van der Waals surface area contributed by atoms with Crippen LogP contribution in [0.15, 0.2) is 54.7 Å². The Bertz CT molecular complexity index is 1310. The minimum atomic E-state index is -4.83. The molecule has 1 fully saturated rings. The van der Waals surface area contributed by atoms with E-state index < -0.39 is 42.2 Å². The standard InChI is InChI=1S/C23H23F3N6O4/c24-23(25,26)36-15-5-3-4-13(8-15)10-29-20(33)19-9-14(27)11-32(19)22(35)30-17-12-31(21(28)34)18-7-2-1-6-16(17)18/h1-8,12,14,19H,9-11,27H2,(H2,28,34)(H,29,33)(H,30,35)/t14-,19+/m1/s1. The normalized spacial score (nSPS) is 17.7. The summed E-state index contributed by atoms with van der Waals surface area (Å²) in [6.45, 7) is 0.0223. The number of urea groups is 1. The number of carbonyl (C=O) groups is 3. The van der Waals surface area contributed by atoms with Crippen molar-refractivity contribution in [1.82, 2.24) is 14.8 Å². The number of amides is 4. The van der Waals surface area contributed by atoms with Gasteiger partial charge < -0.3 is 31.7 Å². The molecule has 1 aliphatic rings. The van der Waals surface area contributed by atoms with Gasteiger partial charge in [0.2, 0.25) is 5.91 Å². The molecule has 190 valence electrons. The molecule has 36 heavy (non-hydrogen) atoms. The summed E-state index contributed by atoms with van der Waals surface area (Å²) in [6.07, 6.45) is -3.25. The van der Waals surface area contributed by atoms with E-state index in [0.717, 1.165) is 12.1 Å². The van der Waals surface area contributed by atoms with Crippen LogP contribution in [0.2, 0.25) is 0 Å². The van der Waals surface area contributed by atoms with Crippen molar-refractivity contribution in [3.05, 3.63) is 60.3 Å². The van der Waals surface area contributed by atoms with Gasteiger partial charge in [-0.05, 0) is 30.2 Å². The minimum Gasteiger partial charge on any atom is -0.406 e. The molecule has 2 atom stereocenters. The highest BCUT2D eigenvalue weighted by atomic mass is 19.4. The van der Waals surface area contributed by atoms with E-state index in [1.165, 1.54) is 27.8 Å². The molecule has 0 radical (unpaired) electrons. The highest BCUT2D eigenvalue weighted by molar-refractivity contribution is 6.05. The highest BCUT2D eigenvalue weighted by Gasteiger charge is 2.38. The second-order valence-corrected chi connectivity index (χ2v) is 8.28. The molecule has 10 nitrogen and oxygen atoms in total. The molecule has 4 amide bonds. The predicted molar refractivity (Wildman–Crippen MR) is 124 cm³/mol. The van der Waals surface area contributed by atoms with E-state index in [0.29, 0.717) is 22.2 Å². The molecule has 3 aromatic rings. The number of aromatic nitrogens is 1. The predicted octanol–water partition coefficient (Wildman–Crippen LogP) is 2.72. The zero-order chi connectivity index (χ0) is 26.0. The number of para-hydroxylation sites is 1. The molecule has 0 bridgehead atoms. The lowest BCUT2D eigenvalue weighted by atomic mass is 10.1. The third kappa shape index (κ3) is 5.51. The second kappa shape index (κ2) is 9.77. The van der Waals surface area contributed by atoms with E-state index in [-0.39, 0.29) is 19.5 Å². The number of hydrogen-bond donors (Lipinski definition) is 4. The van der Waals surface area contributed by atoms with Crippen LogP contribution in [0.4, 0.5) is 28.4 Å². The van der Waals surface area contributed by atoms with Gasteiger partial charge in [-0.3, -0.25) is 9.36 Å². The topological polar surface area (TPSA) is 145 Å². The number of carbonyl (C=O) groups excluding carboxylic acids is 3. The maximum Gasteiger partial charge on any atom is 0.573 e. The Labute approximate surface area is 203 Å². The van der Waals surface area contributed by atoms with Gasteiger partial charge in [0.15, 0.2) is 0 Å². The molecule has 4 rings (SSSR count). The van der Waals surface area contributed by atoms with Crippen LogP contribution in [0, 0.1) is 0 Å². The van der Waals surface area contributed by atoms with Crippen LogP contribution in [0.1, 0.15) is 12.0 Å². The maximum absolute atomic E-state index is 13.1. The van der Waals surface area contributed by atoms with Crippen molar-refractivity contribution in [2.45, 2.75) is 31.4 Å². The smallest absolute Gasteiger partial charge is 0.406 e. The van der Waals surface area contributed by atoms with E-state index >= 15 is 0 Å². The second-order valence-electron chi connectivity index (χ2n) is 8.28. The van der Waals surface area contributed by atoms with Gasteiger partial charge >= 0.3 is 18.4 Å². The number of fused-ring (bicyclic) bond motifs is 1. The molecule has 0 aliphatic carbocycles. The molecule has 13 heteroatoms. The Balaban J connectivity index is 1.45. The zero-order valence-corrected chi connectivity index (χ0v) is 18.8. The molecule has 1 aromatic heterocycles. The number of likely N-dealkylation sites (tertiary alicyclic amines) is 1. The molecular formula is C23H23F3N6O4. The lowest BCUT2D eigenvalue weighted by Crippen LogP contribution is -2.47. The zero-order valence-electron chi connectivity index (χ0n) is 18.8. The van der Waals surface area contributed by atoms with Gasteiger partial charge in [-0.2, -0.15) is 0 Å². The number of primary amides is 1. The van der Waals surface area contributed by atoms with Crippen molar-refractivity contribution in [2.24, 2.45) is 11.5 Å². The van der Waals surface area contributed by atoms with Crippen molar-refractivity contribution in [3.8, 4) is 5.75 Å². The fourth-order valence-electron chi connectivity index (χ4n) is 4.15. The summed E-state index contributed by atoms with van der Waals surface area (Å²) < 4.78 is 42.5. The Morgan fingerprint density at radius 3 is 2.58 bits per heavy atom. The number of ether oxygens (including phenoxy) is 1. The fraction of sp³-hybridized carbons (Fsp3) is 0.261. The quantitative estimate of drug-likeness (QED) is 0.422. The molecule has 6 N–H and O–H groups in total. The molecule has 0 saturated carbocycles. The summed E-state index contributed by atoms with van der Waals surface area (Å²) in [7, 11) is 0. The molecule has 1 saturated heterocycles. The minimum absolute atomic E-state index is 0.0822. The molecule has 0 spiro atoms. The summed E-state index contributed by atoms with van der Waals surface area (Å²) in [5, 5.41) is 5.92. The van der Waals surface area contributed by atoms with Crippen molar-refractivity contribution in [2.75, 3.05) is 11.9 Å². The van der Waals surface area contributed by atoms with Gasteiger partial charge in [-0.1, -0.05) is 30.3 Å². The van der Waals surface area contributed by atoms with Gasteiger partial charge in [-0.15, -0.1) is 13.2 Å². The lowest BCUT2D eigenvalue weighted by Gasteiger charge is -2.24. The summed E-state index contributed by atoms with van der Waals surface area (Å²) in [4.78, 5) is 39.0. The fourth-order valence-corrected chi connectivity index (χ4v) is 4.15. The molecule has 1 aliphatic heterocycles. The van der Waals surface area contributed by atoms with Crippen molar-refractivity contribution >= 4 is 34.6 Å². The first-order valence-corrected chi connectivity index (χ1v) is 10.9. The summed E-state index contributed by atoms with van der Waals surface area (Å²) in [5.41, 5.74) is 12.6. The van der Waals surface area contributed by atoms with Crippen LogP contribution >= 0.6 is 0 Å². The van der Waals surface area contributed by atoms with Crippen molar-refractivity contribution in [1.29, 1.82) is 0 Å². The summed E-state index contributed by atoms with van der Waals surface area (Å²) in [6, 6.07) is 9.36. The summed E-state index contributed by atoms with van der Waals surface area (Å²) >= 11 is 0. The number of alkyl halides is 3. The Kier molecular flexibility index (Phi) is 6.75. The average molecular weight is 504 g/mol. The summed E-state index contributed by atoms with van der Waals surface area (Å²) in [5.74, 6) is -0.923. The number of nitrogens with zero attached hydrogens (tertiary/aromatic N) is 2. The third-order valence-electron chi connectivity index (χ3n) is 5.69. The Morgan fingerprint density at radius 1 is 1.11 bits per heavy atom.